The lowest BCUT2D eigenvalue weighted by atomic mass is 10.1. The highest BCUT2D eigenvalue weighted by Crippen LogP contribution is 2.33. The van der Waals surface area contributed by atoms with E-state index in [1.54, 1.807) is 24.5 Å². The van der Waals surface area contributed by atoms with Gasteiger partial charge in [0.1, 0.15) is 24.7 Å². The van der Waals surface area contributed by atoms with Crippen molar-refractivity contribution in [2.24, 2.45) is 0 Å². The van der Waals surface area contributed by atoms with Crippen LogP contribution in [0.5, 0.6) is 17.5 Å². The number of hydrogen-bond donors (Lipinski definition) is 2. The third-order valence-electron chi connectivity index (χ3n) is 4.31. The fraction of sp³-hybridized carbons (Fsp3) is 0.278. The molecule has 0 spiro atoms. The lowest BCUT2D eigenvalue weighted by Gasteiger charge is -2.16. The number of nitrogens with one attached hydrogen (secondary N) is 1. The fourth-order valence-corrected chi connectivity index (χ4v) is 2.75. The molecule has 0 amide bonds. The van der Waals surface area contributed by atoms with E-state index in [0.29, 0.717) is 59.5 Å². The Bertz CT molecular complexity index is 991. The van der Waals surface area contributed by atoms with Gasteiger partial charge in [-0.2, -0.15) is 0 Å². The number of hydrogen-bond acceptors (Lipinski definition) is 9. The van der Waals surface area contributed by atoms with Crippen molar-refractivity contribution < 1.29 is 14.6 Å². The minimum Gasteiger partial charge on any atom is -0.507 e. The van der Waals surface area contributed by atoms with Gasteiger partial charge in [-0.25, -0.2) is 15.0 Å². The van der Waals surface area contributed by atoms with Crippen LogP contribution in [0.25, 0.3) is 22.5 Å². The van der Waals surface area contributed by atoms with E-state index >= 15 is 0 Å². The zero-order valence-electron chi connectivity index (χ0n) is 14.3. The number of aromatic nitrogens is 5. The van der Waals surface area contributed by atoms with Gasteiger partial charge in [0.05, 0.1) is 18.1 Å². The molecule has 0 atom stereocenters. The summed E-state index contributed by atoms with van der Waals surface area (Å²) in [6.07, 6.45) is 5.45. The Hall–Kier alpha value is -3.49. The number of fused-ring (bicyclic) bond motifs is 1. The summed E-state index contributed by atoms with van der Waals surface area (Å²) in [7, 11) is 0. The van der Waals surface area contributed by atoms with Gasteiger partial charge in [0.15, 0.2) is 0 Å². The van der Waals surface area contributed by atoms with Crippen LogP contribution in [0.4, 0.5) is 5.95 Å². The second-order valence-corrected chi connectivity index (χ2v) is 6.38. The first-order valence-electron chi connectivity index (χ1n) is 8.69. The van der Waals surface area contributed by atoms with Crippen LogP contribution in [0.2, 0.25) is 0 Å². The van der Waals surface area contributed by atoms with E-state index in [9.17, 15) is 5.11 Å². The molecule has 2 aromatic heterocycles. The van der Waals surface area contributed by atoms with Gasteiger partial charge in [-0.05, 0) is 25.0 Å². The van der Waals surface area contributed by atoms with Crippen LogP contribution in [0.3, 0.4) is 0 Å². The van der Waals surface area contributed by atoms with Gasteiger partial charge >= 0.3 is 0 Å². The summed E-state index contributed by atoms with van der Waals surface area (Å²) in [6, 6.07) is 5.64. The Morgan fingerprint density at radius 2 is 1.78 bits per heavy atom. The Balaban J connectivity index is 1.41. The van der Waals surface area contributed by atoms with Gasteiger partial charge in [0, 0.05) is 17.2 Å². The molecule has 2 N–H and O–H groups in total. The molecule has 5 rings (SSSR count). The van der Waals surface area contributed by atoms with Gasteiger partial charge in [-0.3, -0.25) is 0 Å². The molecule has 1 aliphatic carbocycles. The molecule has 1 aromatic carbocycles. The molecule has 9 heteroatoms. The van der Waals surface area contributed by atoms with Crippen molar-refractivity contribution in [3.05, 3.63) is 30.6 Å². The first-order valence-corrected chi connectivity index (χ1v) is 8.69. The molecule has 9 nitrogen and oxygen atoms in total. The molecule has 0 bridgehead atoms. The zero-order valence-corrected chi connectivity index (χ0v) is 14.3. The molecular weight excluding hydrogens is 348 g/mol. The average molecular weight is 364 g/mol. The monoisotopic (exact) mass is 364 g/mol. The SMILES string of the molecule is Oc1cc(-c2cnc3c(n2)OCCO3)ccc1-c1cnc(NC2CC2)nn1. The van der Waals surface area contributed by atoms with Crippen molar-refractivity contribution in [1.29, 1.82) is 0 Å². The van der Waals surface area contributed by atoms with Crippen LogP contribution >= 0.6 is 0 Å². The maximum absolute atomic E-state index is 10.5. The summed E-state index contributed by atoms with van der Waals surface area (Å²) in [4.78, 5) is 12.9. The zero-order chi connectivity index (χ0) is 18.2. The standard InChI is InChI=1S/C18H16N6O3/c25-15-7-10(13-8-19-16-17(22-13)27-6-5-26-16)1-4-12(15)14-9-20-18(24-23-14)21-11-2-3-11/h1,4,7-9,11,25H,2-3,5-6H2,(H,20,21,24). The molecule has 0 radical (unpaired) electrons. The normalized spacial score (nSPS) is 15.4. The van der Waals surface area contributed by atoms with E-state index in [-0.39, 0.29) is 5.75 Å². The number of phenolic OH excluding ortho intramolecular Hbond substituents is 1. The minimum absolute atomic E-state index is 0.0585. The van der Waals surface area contributed by atoms with E-state index in [0.717, 1.165) is 12.8 Å². The second-order valence-electron chi connectivity index (χ2n) is 6.38. The van der Waals surface area contributed by atoms with Crippen molar-refractivity contribution in [2.45, 2.75) is 18.9 Å². The second kappa shape index (κ2) is 6.35. The molecule has 0 saturated heterocycles. The Kier molecular flexibility index (Phi) is 3.70. The highest BCUT2D eigenvalue weighted by Gasteiger charge is 2.22. The topological polar surface area (TPSA) is 115 Å². The molecule has 1 saturated carbocycles. The lowest BCUT2D eigenvalue weighted by Crippen LogP contribution is -2.17. The third kappa shape index (κ3) is 3.19. The molecule has 0 unspecified atom stereocenters. The highest BCUT2D eigenvalue weighted by atomic mass is 16.6. The summed E-state index contributed by atoms with van der Waals surface area (Å²) in [6.45, 7) is 0.896. The van der Waals surface area contributed by atoms with Crippen molar-refractivity contribution in [3.63, 3.8) is 0 Å². The summed E-state index contributed by atoms with van der Waals surface area (Å²) in [5.74, 6) is 1.30. The summed E-state index contributed by atoms with van der Waals surface area (Å²) >= 11 is 0. The van der Waals surface area contributed by atoms with E-state index in [2.05, 4.69) is 30.5 Å². The Morgan fingerprint density at radius 1 is 0.963 bits per heavy atom. The number of phenols is 1. The van der Waals surface area contributed by atoms with Crippen LogP contribution in [-0.2, 0) is 0 Å². The van der Waals surface area contributed by atoms with E-state index < -0.39 is 0 Å². The van der Waals surface area contributed by atoms with E-state index in [1.807, 2.05) is 6.07 Å². The van der Waals surface area contributed by atoms with Gasteiger partial charge in [-0.15, -0.1) is 10.2 Å². The van der Waals surface area contributed by atoms with Gasteiger partial charge in [0.25, 0.3) is 11.8 Å². The van der Waals surface area contributed by atoms with Crippen LogP contribution in [-0.4, -0.2) is 49.5 Å². The molecule has 1 aliphatic heterocycles. The Labute approximate surface area is 154 Å². The van der Waals surface area contributed by atoms with Crippen LogP contribution < -0.4 is 14.8 Å². The molecule has 2 aliphatic rings. The summed E-state index contributed by atoms with van der Waals surface area (Å²) in [5, 5.41) is 21.9. The molecule has 27 heavy (non-hydrogen) atoms. The number of rotatable bonds is 4. The summed E-state index contributed by atoms with van der Waals surface area (Å²) < 4.78 is 10.8. The van der Waals surface area contributed by atoms with Crippen LogP contribution in [0, 0.1) is 0 Å². The van der Waals surface area contributed by atoms with Gasteiger partial charge in [-0.1, -0.05) is 6.07 Å². The smallest absolute Gasteiger partial charge is 0.278 e. The van der Waals surface area contributed by atoms with Crippen molar-refractivity contribution in [2.75, 3.05) is 18.5 Å². The molecule has 3 aromatic rings. The minimum atomic E-state index is 0.0585. The van der Waals surface area contributed by atoms with E-state index in [1.165, 1.54) is 0 Å². The predicted octanol–water partition coefficient (Wildman–Crippen LogP) is 2.05. The van der Waals surface area contributed by atoms with Gasteiger partial charge < -0.3 is 19.9 Å². The number of benzene rings is 1. The quantitative estimate of drug-likeness (QED) is 0.717. The molecular formula is C18H16N6O3. The van der Waals surface area contributed by atoms with Crippen molar-refractivity contribution in [3.8, 4) is 40.0 Å². The first kappa shape index (κ1) is 15.7. The Morgan fingerprint density at radius 3 is 2.52 bits per heavy atom. The summed E-state index contributed by atoms with van der Waals surface area (Å²) in [5.41, 5.74) is 2.32. The van der Waals surface area contributed by atoms with Crippen LogP contribution in [0.15, 0.2) is 30.6 Å². The molecule has 136 valence electrons. The predicted molar refractivity (Wildman–Crippen MR) is 95.6 cm³/mol. The van der Waals surface area contributed by atoms with Gasteiger partial charge in [0.2, 0.25) is 5.95 Å². The fourth-order valence-electron chi connectivity index (χ4n) is 2.75. The third-order valence-corrected chi connectivity index (χ3v) is 4.31. The molecule has 3 heterocycles. The largest absolute Gasteiger partial charge is 0.507 e. The highest BCUT2D eigenvalue weighted by molar-refractivity contribution is 5.72. The number of nitrogens with zero attached hydrogens (tertiary/aromatic N) is 5. The maximum atomic E-state index is 10.5. The van der Waals surface area contributed by atoms with E-state index in [4.69, 9.17) is 9.47 Å². The van der Waals surface area contributed by atoms with Crippen LogP contribution in [0.1, 0.15) is 12.8 Å². The van der Waals surface area contributed by atoms with Crippen molar-refractivity contribution in [1.82, 2.24) is 25.1 Å². The average Bonchev–Trinajstić information content (AvgIpc) is 3.52. The maximum Gasteiger partial charge on any atom is 0.278 e. The molecule has 1 fully saturated rings. The number of ether oxygens (including phenoxy) is 2. The number of anilines is 1. The number of aromatic hydroxyl groups is 1. The van der Waals surface area contributed by atoms with Crippen molar-refractivity contribution >= 4 is 5.95 Å². The first-order chi connectivity index (χ1) is 13.3. The lowest BCUT2D eigenvalue weighted by molar-refractivity contribution is 0.157.